The number of para-hydroxylation sites is 1. The van der Waals surface area contributed by atoms with Gasteiger partial charge in [-0.25, -0.2) is 4.98 Å². The van der Waals surface area contributed by atoms with Gasteiger partial charge in [0.2, 0.25) is 0 Å². The molecule has 104 valence electrons. The van der Waals surface area contributed by atoms with Gasteiger partial charge in [0.05, 0.1) is 12.1 Å². The lowest BCUT2D eigenvalue weighted by molar-refractivity contribution is -0.136. The van der Waals surface area contributed by atoms with Gasteiger partial charge < -0.3 is 9.84 Å². The Balaban J connectivity index is 1.54. The highest BCUT2D eigenvalue weighted by atomic mass is 32.2. The number of carboxylic acids is 1. The van der Waals surface area contributed by atoms with E-state index in [9.17, 15) is 4.79 Å². The minimum Gasteiger partial charge on any atom is -0.489 e. The Labute approximate surface area is 124 Å². The zero-order chi connectivity index (χ0) is 13.9. The topological polar surface area (TPSA) is 59.4 Å². The van der Waals surface area contributed by atoms with E-state index < -0.39 is 5.97 Å². The fourth-order valence-corrected chi connectivity index (χ4v) is 3.96. The molecule has 4 nitrogen and oxygen atoms in total. The number of ether oxygens (including phenoxy) is 1. The van der Waals surface area contributed by atoms with Gasteiger partial charge in [0.15, 0.2) is 0 Å². The van der Waals surface area contributed by atoms with Crippen molar-refractivity contribution in [2.24, 2.45) is 0 Å². The Kier molecular flexibility index (Phi) is 3.93. The summed E-state index contributed by atoms with van der Waals surface area (Å²) in [5.41, 5.74) is 1.88. The van der Waals surface area contributed by atoms with E-state index in [1.54, 1.807) is 17.1 Å². The smallest absolute Gasteiger partial charge is 0.309 e. The lowest BCUT2D eigenvalue weighted by Gasteiger charge is -2.08. The molecule has 0 radical (unpaired) electrons. The van der Waals surface area contributed by atoms with E-state index in [-0.39, 0.29) is 12.5 Å². The standard InChI is InChI=1S/C14H13NO3S2/c16-13(17)6-10-7-19-14(15-10)20-8-11-5-9-3-1-2-4-12(9)18-11/h1-4,7,11H,5-6,8H2,(H,16,17). The number of nitrogens with zero attached hydrogens (tertiary/aromatic N) is 1. The number of aromatic nitrogens is 1. The molecule has 1 aliphatic heterocycles. The van der Waals surface area contributed by atoms with Crippen LogP contribution in [0.1, 0.15) is 11.3 Å². The molecule has 0 saturated heterocycles. The molecule has 1 aliphatic rings. The van der Waals surface area contributed by atoms with Crippen molar-refractivity contribution >= 4 is 29.1 Å². The lowest BCUT2D eigenvalue weighted by Crippen LogP contribution is -2.15. The fourth-order valence-electron chi connectivity index (χ4n) is 2.10. The number of fused-ring (bicyclic) bond motifs is 1. The Morgan fingerprint density at radius 3 is 3.15 bits per heavy atom. The molecule has 0 spiro atoms. The molecule has 0 amide bonds. The maximum Gasteiger partial charge on any atom is 0.309 e. The second-order valence-electron chi connectivity index (χ2n) is 4.54. The molecular formula is C14H13NO3S2. The zero-order valence-corrected chi connectivity index (χ0v) is 12.2. The Bertz CT molecular complexity index is 601. The molecule has 1 atom stereocenters. The highest BCUT2D eigenvalue weighted by molar-refractivity contribution is 8.01. The molecule has 1 unspecified atom stereocenters. The summed E-state index contributed by atoms with van der Waals surface area (Å²) >= 11 is 3.12. The van der Waals surface area contributed by atoms with E-state index in [1.165, 1.54) is 16.9 Å². The van der Waals surface area contributed by atoms with Crippen LogP contribution in [0.2, 0.25) is 0 Å². The molecule has 0 aliphatic carbocycles. The second-order valence-corrected chi connectivity index (χ2v) is 6.66. The van der Waals surface area contributed by atoms with Crippen molar-refractivity contribution in [3.05, 3.63) is 40.9 Å². The Morgan fingerprint density at radius 1 is 1.50 bits per heavy atom. The van der Waals surface area contributed by atoms with E-state index >= 15 is 0 Å². The van der Waals surface area contributed by atoms with E-state index in [4.69, 9.17) is 9.84 Å². The van der Waals surface area contributed by atoms with Gasteiger partial charge in [-0.3, -0.25) is 4.79 Å². The Hall–Kier alpha value is -1.53. The molecule has 1 N–H and O–H groups in total. The number of thiazole rings is 1. The number of aliphatic carboxylic acids is 1. The van der Waals surface area contributed by atoms with Crippen molar-refractivity contribution in [3.8, 4) is 5.75 Å². The minimum absolute atomic E-state index is 0.0115. The van der Waals surface area contributed by atoms with Gasteiger partial charge in [0, 0.05) is 17.6 Å². The number of carbonyl (C=O) groups is 1. The third-order valence-electron chi connectivity index (χ3n) is 2.97. The SMILES string of the molecule is O=C(O)Cc1csc(SCC2Cc3ccccc3O2)n1. The van der Waals surface area contributed by atoms with Gasteiger partial charge in [-0.1, -0.05) is 30.0 Å². The normalized spacial score (nSPS) is 16.7. The molecule has 20 heavy (non-hydrogen) atoms. The predicted octanol–water partition coefficient (Wildman–Crippen LogP) is 2.87. The van der Waals surface area contributed by atoms with Gasteiger partial charge >= 0.3 is 5.97 Å². The molecular weight excluding hydrogens is 294 g/mol. The first-order valence-electron chi connectivity index (χ1n) is 6.24. The molecule has 0 bridgehead atoms. The average Bonchev–Trinajstić information content (AvgIpc) is 3.01. The van der Waals surface area contributed by atoms with Gasteiger partial charge in [-0.2, -0.15) is 0 Å². The van der Waals surface area contributed by atoms with E-state index in [0.717, 1.165) is 22.3 Å². The summed E-state index contributed by atoms with van der Waals surface area (Å²) in [7, 11) is 0. The van der Waals surface area contributed by atoms with E-state index in [1.807, 2.05) is 18.2 Å². The number of hydrogen-bond donors (Lipinski definition) is 1. The van der Waals surface area contributed by atoms with Crippen LogP contribution in [0.5, 0.6) is 5.75 Å². The summed E-state index contributed by atoms with van der Waals surface area (Å²) in [4.78, 5) is 14.9. The third kappa shape index (κ3) is 3.13. The highest BCUT2D eigenvalue weighted by Crippen LogP contribution is 2.32. The van der Waals surface area contributed by atoms with Crippen LogP contribution in [0.25, 0.3) is 0 Å². The van der Waals surface area contributed by atoms with Crippen LogP contribution in [0.3, 0.4) is 0 Å². The highest BCUT2D eigenvalue weighted by Gasteiger charge is 2.22. The van der Waals surface area contributed by atoms with Gasteiger partial charge in [-0.15, -0.1) is 11.3 Å². The fraction of sp³-hybridized carbons (Fsp3) is 0.286. The number of hydrogen-bond acceptors (Lipinski definition) is 5. The number of rotatable bonds is 5. The van der Waals surface area contributed by atoms with Gasteiger partial charge in [-0.05, 0) is 11.6 Å². The van der Waals surface area contributed by atoms with Crippen molar-refractivity contribution in [3.63, 3.8) is 0 Å². The number of carboxylic acid groups (broad SMARTS) is 1. The maximum absolute atomic E-state index is 10.6. The van der Waals surface area contributed by atoms with Crippen molar-refractivity contribution in [1.82, 2.24) is 4.98 Å². The maximum atomic E-state index is 10.6. The molecule has 0 fully saturated rings. The second kappa shape index (κ2) is 5.85. The predicted molar refractivity (Wildman–Crippen MR) is 78.7 cm³/mol. The monoisotopic (exact) mass is 307 g/mol. The average molecular weight is 307 g/mol. The Morgan fingerprint density at radius 2 is 2.35 bits per heavy atom. The summed E-state index contributed by atoms with van der Waals surface area (Å²) < 4.78 is 6.77. The van der Waals surface area contributed by atoms with Crippen molar-refractivity contribution in [2.75, 3.05) is 5.75 Å². The third-order valence-corrected chi connectivity index (χ3v) is 5.17. The van der Waals surface area contributed by atoms with Crippen LogP contribution >= 0.6 is 23.1 Å². The first kappa shape index (κ1) is 13.5. The van der Waals surface area contributed by atoms with Gasteiger partial charge in [0.25, 0.3) is 0 Å². The van der Waals surface area contributed by atoms with Crippen LogP contribution in [0.15, 0.2) is 34.0 Å². The van der Waals surface area contributed by atoms with Crippen molar-refractivity contribution in [2.45, 2.75) is 23.3 Å². The van der Waals surface area contributed by atoms with E-state index in [0.29, 0.717) is 5.69 Å². The number of benzene rings is 1. The minimum atomic E-state index is -0.846. The van der Waals surface area contributed by atoms with E-state index in [2.05, 4.69) is 11.1 Å². The van der Waals surface area contributed by atoms with Crippen LogP contribution < -0.4 is 4.74 Å². The molecule has 1 aromatic carbocycles. The quantitative estimate of drug-likeness (QED) is 0.861. The molecule has 6 heteroatoms. The molecule has 2 heterocycles. The van der Waals surface area contributed by atoms with Gasteiger partial charge in [0.1, 0.15) is 16.2 Å². The summed E-state index contributed by atoms with van der Waals surface area (Å²) in [5.74, 6) is 0.958. The summed E-state index contributed by atoms with van der Waals surface area (Å²) in [5, 5.41) is 10.5. The summed E-state index contributed by atoms with van der Waals surface area (Å²) in [6, 6.07) is 8.09. The van der Waals surface area contributed by atoms with Crippen LogP contribution in [-0.2, 0) is 17.6 Å². The lowest BCUT2D eigenvalue weighted by atomic mass is 10.1. The van der Waals surface area contributed by atoms with Crippen LogP contribution in [0.4, 0.5) is 0 Å². The van der Waals surface area contributed by atoms with Crippen molar-refractivity contribution in [1.29, 1.82) is 0 Å². The van der Waals surface area contributed by atoms with Crippen LogP contribution in [0, 0.1) is 0 Å². The first-order chi connectivity index (χ1) is 9.70. The largest absolute Gasteiger partial charge is 0.489 e. The van der Waals surface area contributed by atoms with Crippen LogP contribution in [-0.4, -0.2) is 27.9 Å². The molecule has 0 saturated carbocycles. The van der Waals surface area contributed by atoms with Crippen molar-refractivity contribution < 1.29 is 14.6 Å². The first-order valence-corrected chi connectivity index (χ1v) is 8.11. The summed E-state index contributed by atoms with van der Waals surface area (Å²) in [6.45, 7) is 0. The molecule has 2 aromatic rings. The zero-order valence-electron chi connectivity index (χ0n) is 10.6. The summed E-state index contributed by atoms with van der Waals surface area (Å²) in [6.07, 6.45) is 1.09. The molecule has 1 aromatic heterocycles. The number of thioether (sulfide) groups is 1. The molecule has 3 rings (SSSR count).